The molecule has 2 rings (SSSR count). The largest absolute Gasteiger partial charge is 0.352 e. The number of halogens is 1. The number of hydrogen-bond donors (Lipinski definition) is 2. The van der Waals surface area contributed by atoms with Crippen LogP contribution in [0.25, 0.3) is 0 Å². The number of carbonyl (C=O) groups excluding carboxylic acids is 1. The molecule has 0 unspecified atom stereocenters. The maximum absolute atomic E-state index is 12.2. The molecule has 0 aromatic heterocycles. The topological polar surface area (TPSA) is 75.3 Å². The van der Waals surface area contributed by atoms with E-state index in [9.17, 15) is 13.2 Å². The molecule has 1 aliphatic rings. The summed E-state index contributed by atoms with van der Waals surface area (Å²) in [7, 11) is -3.76. The molecule has 0 saturated heterocycles. The molecule has 2 N–H and O–H groups in total. The van der Waals surface area contributed by atoms with Gasteiger partial charge in [0.15, 0.2) is 0 Å². The van der Waals surface area contributed by atoms with E-state index in [2.05, 4.69) is 10.0 Å². The first-order valence-electron chi connectivity index (χ1n) is 6.97. The molecule has 7 heteroatoms. The highest BCUT2D eigenvalue weighted by Gasteiger charge is 2.25. The number of amides is 1. The van der Waals surface area contributed by atoms with Gasteiger partial charge in [0.25, 0.3) is 0 Å². The summed E-state index contributed by atoms with van der Waals surface area (Å²) in [6.07, 6.45) is 4.13. The van der Waals surface area contributed by atoms with Crippen molar-refractivity contribution in [2.45, 2.75) is 49.6 Å². The van der Waals surface area contributed by atoms with E-state index in [0.29, 0.717) is 5.02 Å². The van der Waals surface area contributed by atoms with Gasteiger partial charge < -0.3 is 5.32 Å². The van der Waals surface area contributed by atoms with Crippen LogP contribution in [0, 0.1) is 0 Å². The summed E-state index contributed by atoms with van der Waals surface area (Å²) in [5.74, 6) is -0.299. The molecule has 1 fully saturated rings. The zero-order valence-electron chi connectivity index (χ0n) is 11.8. The number of rotatable bonds is 5. The van der Waals surface area contributed by atoms with Crippen LogP contribution in [0.4, 0.5) is 0 Å². The smallest absolute Gasteiger partial charge is 0.241 e. The SMILES string of the molecule is C[C@H](NS(=O)(=O)c1cccc(Cl)c1)C(=O)NC1CCCC1. The van der Waals surface area contributed by atoms with Crippen molar-refractivity contribution in [3.8, 4) is 0 Å². The van der Waals surface area contributed by atoms with Gasteiger partial charge in [-0.1, -0.05) is 30.5 Å². The molecule has 0 bridgehead atoms. The molecule has 1 saturated carbocycles. The second-order valence-corrected chi connectivity index (χ2v) is 7.44. The standard InChI is InChI=1S/C14H19ClN2O3S/c1-10(14(18)16-12-6-2-3-7-12)17-21(19,20)13-8-4-5-11(15)9-13/h4-5,8-10,12,17H,2-3,6-7H2,1H3,(H,16,18)/t10-/m0/s1. The van der Waals surface area contributed by atoms with Gasteiger partial charge in [-0.15, -0.1) is 0 Å². The van der Waals surface area contributed by atoms with Crippen molar-refractivity contribution in [2.24, 2.45) is 0 Å². The van der Waals surface area contributed by atoms with Crippen LogP contribution in [-0.4, -0.2) is 26.4 Å². The summed E-state index contributed by atoms with van der Waals surface area (Å²) in [4.78, 5) is 12.1. The quantitative estimate of drug-likeness (QED) is 0.867. The van der Waals surface area contributed by atoms with Crippen LogP contribution in [0.3, 0.4) is 0 Å². The lowest BCUT2D eigenvalue weighted by molar-refractivity contribution is -0.123. The first-order valence-corrected chi connectivity index (χ1v) is 8.83. The highest BCUT2D eigenvalue weighted by molar-refractivity contribution is 7.89. The lowest BCUT2D eigenvalue weighted by Crippen LogP contribution is -2.47. The highest BCUT2D eigenvalue weighted by atomic mass is 35.5. The fraction of sp³-hybridized carbons (Fsp3) is 0.500. The van der Waals surface area contributed by atoms with Crippen molar-refractivity contribution in [3.05, 3.63) is 29.3 Å². The fourth-order valence-corrected chi connectivity index (χ4v) is 3.89. The van der Waals surface area contributed by atoms with Gasteiger partial charge in [0.2, 0.25) is 15.9 Å². The van der Waals surface area contributed by atoms with E-state index in [-0.39, 0.29) is 16.8 Å². The van der Waals surface area contributed by atoms with Crippen LogP contribution in [0.15, 0.2) is 29.2 Å². The Labute approximate surface area is 130 Å². The van der Waals surface area contributed by atoms with E-state index in [1.165, 1.54) is 19.1 Å². The third-order valence-electron chi connectivity index (χ3n) is 3.53. The molecular weight excluding hydrogens is 312 g/mol. The Hall–Kier alpha value is -1.11. The number of carbonyl (C=O) groups is 1. The molecule has 1 aliphatic carbocycles. The van der Waals surface area contributed by atoms with Crippen molar-refractivity contribution in [1.82, 2.24) is 10.0 Å². The number of nitrogens with one attached hydrogen (secondary N) is 2. The summed E-state index contributed by atoms with van der Waals surface area (Å²) >= 11 is 5.79. The van der Waals surface area contributed by atoms with E-state index in [0.717, 1.165) is 25.7 Å². The predicted octanol–water partition coefficient (Wildman–Crippen LogP) is 2.07. The Morgan fingerprint density at radius 1 is 1.33 bits per heavy atom. The maximum atomic E-state index is 12.2. The summed E-state index contributed by atoms with van der Waals surface area (Å²) in [6.45, 7) is 1.53. The molecule has 1 amide bonds. The summed E-state index contributed by atoms with van der Waals surface area (Å²) < 4.78 is 26.7. The third kappa shape index (κ3) is 4.43. The average Bonchev–Trinajstić information content (AvgIpc) is 2.91. The Balaban J connectivity index is 2.00. The minimum absolute atomic E-state index is 0.0514. The zero-order chi connectivity index (χ0) is 15.5. The molecule has 1 atom stereocenters. The van der Waals surface area contributed by atoms with Gasteiger partial charge >= 0.3 is 0 Å². The molecule has 1 aromatic carbocycles. The van der Waals surface area contributed by atoms with Gasteiger partial charge in [0.1, 0.15) is 0 Å². The van der Waals surface area contributed by atoms with E-state index < -0.39 is 16.1 Å². The van der Waals surface area contributed by atoms with Crippen molar-refractivity contribution in [3.63, 3.8) is 0 Å². The number of benzene rings is 1. The van der Waals surface area contributed by atoms with Crippen LogP contribution in [0.1, 0.15) is 32.6 Å². The second-order valence-electron chi connectivity index (χ2n) is 5.29. The minimum atomic E-state index is -3.76. The Kier molecular flexibility index (Phi) is 5.24. The van der Waals surface area contributed by atoms with Crippen LogP contribution >= 0.6 is 11.6 Å². The van der Waals surface area contributed by atoms with Gasteiger partial charge in [-0.3, -0.25) is 4.79 Å². The van der Waals surface area contributed by atoms with Crippen LogP contribution in [0.5, 0.6) is 0 Å². The minimum Gasteiger partial charge on any atom is -0.352 e. The van der Waals surface area contributed by atoms with Crippen LogP contribution in [-0.2, 0) is 14.8 Å². The monoisotopic (exact) mass is 330 g/mol. The molecular formula is C14H19ClN2O3S. The average molecular weight is 331 g/mol. The van der Waals surface area contributed by atoms with Gasteiger partial charge in [-0.25, -0.2) is 8.42 Å². The summed E-state index contributed by atoms with van der Waals surface area (Å²) in [6, 6.07) is 5.28. The number of hydrogen-bond acceptors (Lipinski definition) is 3. The van der Waals surface area contributed by atoms with Crippen LogP contribution < -0.4 is 10.0 Å². The van der Waals surface area contributed by atoms with Gasteiger partial charge in [0.05, 0.1) is 10.9 Å². The Morgan fingerprint density at radius 2 is 2.00 bits per heavy atom. The van der Waals surface area contributed by atoms with E-state index >= 15 is 0 Å². The van der Waals surface area contributed by atoms with Crippen molar-refractivity contribution >= 4 is 27.5 Å². The molecule has 1 aromatic rings. The van der Waals surface area contributed by atoms with Crippen LogP contribution in [0.2, 0.25) is 5.02 Å². The number of sulfonamides is 1. The lowest BCUT2D eigenvalue weighted by Gasteiger charge is -2.17. The third-order valence-corrected chi connectivity index (χ3v) is 5.31. The first kappa shape index (κ1) is 16.3. The normalized spacial score (nSPS) is 17.6. The summed E-state index contributed by atoms with van der Waals surface area (Å²) in [5, 5.41) is 3.21. The van der Waals surface area contributed by atoms with Gasteiger partial charge in [0, 0.05) is 11.1 Å². The molecule has 116 valence electrons. The van der Waals surface area contributed by atoms with E-state index in [1.807, 2.05) is 0 Å². The fourth-order valence-electron chi connectivity index (χ4n) is 2.38. The zero-order valence-corrected chi connectivity index (χ0v) is 13.4. The van der Waals surface area contributed by atoms with Crippen molar-refractivity contribution in [2.75, 3.05) is 0 Å². The molecule has 0 heterocycles. The summed E-state index contributed by atoms with van der Waals surface area (Å²) in [5.41, 5.74) is 0. The first-order chi connectivity index (χ1) is 9.88. The van der Waals surface area contributed by atoms with Gasteiger partial charge in [-0.05, 0) is 38.0 Å². The molecule has 0 radical (unpaired) electrons. The van der Waals surface area contributed by atoms with E-state index in [1.54, 1.807) is 12.1 Å². The molecule has 5 nitrogen and oxygen atoms in total. The molecule has 0 spiro atoms. The van der Waals surface area contributed by atoms with Gasteiger partial charge in [-0.2, -0.15) is 4.72 Å². The lowest BCUT2D eigenvalue weighted by atomic mass is 10.2. The molecule has 0 aliphatic heterocycles. The van der Waals surface area contributed by atoms with E-state index in [4.69, 9.17) is 11.6 Å². The predicted molar refractivity (Wildman–Crippen MR) is 81.6 cm³/mol. The Morgan fingerprint density at radius 3 is 2.62 bits per heavy atom. The molecule has 21 heavy (non-hydrogen) atoms. The highest BCUT2D eigenvalue weighted by Crippen LogP contribution is 2.18. The van der Waals surface area contributed by atoms with Crippen molar-refractivity contribution < 1.29 is 13.2 Å². The van der Waals surface area contributed by atoms with Crippen molar-refractivity contribution in [1.29, 1.82) is 0 Å². The second kappa shape index (κ2) is 6.77. The maximum Gasteiger partial charge on any atom is 0.241 e. The Bertz CT molecular complexity index is 612.